The number of anilines is 2. The first kappa shape index (κ1) is 20.0. The van der Waals surface area contributed by atoms with Crippen LogP contribution in [0, 0.1) is 5.82 Å². The Kier molecular flexibility index (Phi) is 6.11. The molecule has 2 aromatic rings. The van der Waals surface area contributed by atoms with Crippen molar-refractivity contribution in [3.8, 4) is 0 Å². The molecule has 1 saturated heterocycles. The number of rotatable bonds is 5. The second-order valence-electron chi connectivity index (χ2n) is 6.60. The summed E-state index contributed by atoms with van der Waals surface area (Å²) in [6, 6.07) is 5.69. The number of nitrogens with one attached hydrogen (secondary N) is 2. The van der Waals surface area contributed by atoms with Crippen molar-refractivity contribution in [3.05, 3.63) is 53.1 Å². The fourth-order valence-corrected chi connectivity index (χ4v) is 3.08. The molecule has 1 aliphatic rings. The lowest BCUT2D eigenvalue weighted by molar-refractivity contribution is -0.129. The average Bonchev–Trinajstić information content (AvgIpc) is 3.13. The van der Waals surface area contributed by atoms with Crippen LogP contribution in [0.15, 0.2) is 36.7 Å². The number of likely N-dealkylation sites (tertiary alicyclic amines) is 1. The SMILES string of the molecule is C[C@@H](O)C(=O)N[C@@H]1CCN(C(=O)c2cnccc2Nc2ccc(Cl)c(F)c2)C1. The fraction of sp³-hybridized carbons (Fsp3) is 0.316. The molecule has 1 fully saturated rings. The Bertz CT molecular complexity index is 893. The number of hydrogen-bond donors (Lipinski definition) is 3. The number of hydrogen-bond acceptors (Lipinski definition) is 5. The largest absolute Gasteiger partial charge is 0.384 e. The first-order valence-corrected chi connectivity index (χ1v) is 9.16. The first-order valence-electron chi connectivity index (χ1n) is 8.79. The highest BCUT2D eigenvalue weighted by molar-refractivity contribution is 6.30. The Morgan fingerprint density at radius 1 is 1.39 bits per heavy atom. The number of aromatic nitrogens is 1. The van der Waals surface area contributed by atoms with E-state index < -0.39 is 17.8 Å². The van der Waals surface area contributed by atoms with Gasteiger partial charge in [-0.3, -0.25) is 14.6 Å². The molecule has 9 heteroatoms. The third-order valence-corrected chi connectivity index (χ3v) is 4.76. The molecule has 7 nitrogen and oxygen atoms in total. The molecule has 0 radical (unpaired) electrons. The summed E-state index contributed by atoms with van der Waals surface area (Å²) >= 11 is 5.70. The highest BCUT2D eigenvalue weighted by atomic mass is 35.5. The van der Waals surface area contributed by atoms with Crippen molar-refractivity contribution in [3.63, 3.8) is 0 Å². The van der Waals surface area contributed by atoms with E-state index in [1.54, 1.807) is 17.0 Å². The van der Waals surface area contributed by atoms with E-state index in [4.69, 9.17) is 11.6 Å². The Morgan fingerprint density at radius 3 is 2.89 bits per heavy atom. The summed E-state index contributed by atoms with van der Waals surface area (Å²) in [6.07, 6.45) is 2.47. The van der Waals surface area contributed by atoms with Crippen LogP contribution < -0.4 is 10.6 Å². The number of amides is 2. The van der Waals surface area contributed by atoms with Crippen molar-refractivity contribution in [2.24, 2.45) is 0 Å². The molecule has 0 unspecified atom stereocenters. The maximum absolute atomic E-state index is 13.7. The highest BCUT2D eigenvalue weighted by Gasteiger charge is 2.29. The molecular weight excluding hydrogens is 387 g/mol. The lowest BCUT2D eigenvalue weighted by Gasteiger charge is -2.19. The van der Waals surface area contributed by atoms with Crippen molar-refractivity contribution in [1.82, 2.24) is 15.2 Å². The van der Waals surface area contributed by atoms with Crippen LogP contribution in [0.2, 0.25) is 5.02 Å². The van der Waals surface area contributed by atoms with Crippen LogP contribution in [-0.4, -0.2) is 52.0 Å². The molecule has 0 spiro atoms. The van der Waals surface area contributed by atoms with E-state index in [9.17, 15) is 19.1 Å². The summed E-state index contributed by atoms with van der Waals surface area (Å²) in [6.45, 7) is 2.19. The molecule has 1 aromatic carbocycles. The summed E-state index contributed by atoms with van der Waals surface area (Å²) in [5.41, 5.74) is 1.27. The summed E-state index contributed by atoms with van der Waals surface area (Å²) in [7, 11) is 0. The van der Waals surface area contributed by atoms with Crippen LogP contribution in [0.3, 0.4) is 0 Å². The molecule has 1 aliphatic heterocycles. The maximum atomic E-state index is 13.7. The zero-order valence-electron chi connectivity index (χ0n) is 15.2. The van der Waals surface area contributed by atoms with Gasteiger partial charge in [0.15, 0.2) is 0 Å². The van der Waals surface area contributed by atoms with Gasteiger partial charge in [0.05, 0.1) is 16.3 Å². The molecule has 2 atom stereocenters. The maximum Gasteiger partial charge on any atom is 0.257 e. The Hall–Kier alpha value is -2.71. The van der Waals surface area contributed by atoms with Crippen LogP contribution >= 0.6 is 11.6 Å². The lowest BCUT2D eigenvalue weighted by Crippen LogP contribution is -2.42. The van der Waals surface area contributed by atoms with Gasteiger partial charge >= 0.3 is 0 Å². The monoisotopic (exact) mass is 406 g/mol. The predicted molar refractivity (Wildman–Crippen MR) is 103 cm³/mol. The summed E-state index contributed by atoms with van der Waals surface area (Å²) in [5.74, 6) is -1.28. The minimum absolute atomic E-state index is 0.0129. The summed E-state index contributed by atoms with van der Waals surface area (Å²) in [4.78, 5) is 30.2. The van der Waals surface area contributed by atoms with E-state index in [-0.39, 0.29) is 17.0 Å². The first-order chi connectivity index (χ1) is 13.3. The van der Waals surface area contributed by atoms with E-state index in [1.807, 2.05) is 0 Å². The molecule has 0 saturated carbocycles. The second kappa shape index (κ2) is 8.53. The van der Waals surface area contributed by atoms with E-state index in [2.05, 4.69) is 15.6 Å². The molecular formula is C19H20ClFN4O3. The van der Waals surface area contributed by atoms with Crippen molar-refractivity contribution in [2.75, 3.05) is 18.4 Å². The van der Waals surface area contributed by atoms with E-state index in [0.29, 0.717) is 36.4 Å². The number of aliphatic hydroxyl groups is 1. The molecule has 28 heavy (non-hydrogen) atoms. The van der Waals surface area contributed by atoms with Gasteiger partial charge in [-0.15, -0.1) is 0 Å². The summed E-state index contributed by atoms with van der Waals surface area (Å²) in [5, 5.41) is 15.0. The van der Waals surface area contributed by atoms with Gasteiger partial charge in [-0.1, -0.05) is 11.6 Å². The second-order valence-corrected chi connectivity index (χ2v) is 7.00. The number of aliphatic hydroxyl groups excluding tert-OH is 1. The van der Waals surface area contributed by atoms with Gasteiger partial charge in [-0.25, -0.2) is 4.39 Å². The molecule has 3 rings (SSSR count). The number of carbonyl (C=O) groups is 2. The Morgan fingerprint density at radius 2 is 2.18 bits per heavy atom. The van der Waals surface area contributed by atoms with Gasteiger partial charge in [0.25, 0.3) is 5.91 Å². The number of halogens is 2. The normalized spacial score (nSPS) is 17.3. The number of pyridine rings is 1. The van der Waals surface area contributed by atoms with Gasteiger partial charge < -0.3 is 20.6 Å². The predicted octanol–water partition coefficient (Wildman–Crippen LogP) is 2.33. The van der Waals surface area contributed by atoms with Gasteiger partial charge in [-0.2, -0.15) is 0 Å². The van der Waals surface area contributed by atoms with Crippen LogP contribution in [0.25, 0.3) is 0 Å². The number of nitrogens with zero attached hydrogens (tertiary/aromatic N) is 2. The van der Waals surface area contributed by atoms with E-state index in [0.717, 1.165) is 0 Å². The molecule has 3 N–H and O–H groups in total. The van der Waals surface area contributed by atoms with E-state index >= 15 is 0 Å². The minimum atomic E-state index is -1.10. The van der Waals surface area contributed by atoms with Crippen molar-refractivity contribution in [1.29, 1.82) is 0 Å². The molecule has 0 bridgehead atoms. The van der Waals surface area contributed by atoms with Crippen molar-refractivity contribution < 1.29 is 19.1 Å². The third kappa shape index (κ3) is 4.58. The summed E-state index contributed by atoms with van der Waals surface area (Å²) < 4.78 is 13.7. The third-order valence-electron chi connectivity index (χ3n) is 4.45. The smallest absolute Gasteiger partial charge is 0.257 e. The highest BCUT2D eigenvalue weighted by Crippen LogP contribution is 2.25. The molecule has 2 heterocycles. The number of carbonyl (C=O) groups excluding carboxylic acids is 2. The van der Waals surface area contributed by atoms with Gasteiger partial charge in [-0.05, 0) is 37.6 Å². The Balaban J connectivity index is 1.72. The molecule has 1 aromatic heterocycles. The molecule has 148 valence electrons. The van der Waals surface area contributed by atoms with Crippen LogP contribution in [0.5, 0.6) is 0 Å². The van der Waals surface area contributed by atoms with Gasteiger partial charge in [0, 0.05) is 37.2 Å². The minimum Gasteiger partial charge on any atom is -0.384 e. The Labute approximate surface area is 166 Å². The van der Waals surface area contributed by atoms with Crippen LogP contribution in [0.4, 0.5) is 15.8 Å². The molecule has 2 amide bonds. The van der Waals surface area contributed by atoms with Gasteiger partial charge in [0.2, 0.25) is 5.91 Å². The number of benzene rings is 1. The van der Waals surface area contributed by atoms with Crippen LogP contribution in [0.1, 0.15) is 23.7 Å². The van der Waals surface area contributed by atoms with Gasteiger partial charge in [0.1, 0.15) is 11.9 Å². The quantitative estimate of drug-likeness (QED) is 0.708. The van der Waals surface area contributed by atoms with Crippen molar-refractivity contribution >= 4 is 34.8 Å². The van der Waals surface area contributed by atoms with E-state index in [1.165, 1.54) is 31.5 Å². The standard InChI is InChI=1S/C19H20ClFN4O3/c1-11(26)18(27)24-13-5-7-25(10-13)19(28)14-9-22-6-4-17(14)23-12-2-3-15(20)16(21)8-12/h2-4,6,8-9,11,13,26H,5,7,10H2,1H3,(H,22,23)(H,24,27)/t11-,13-/m1/s1. The van der Waals surface area contributed by atoms with Crippen molar-refractivity contribution in [2.45, 2.75) is 25.5 Å². The van der Waals surface area contributed by atoms with Crippen LogP contribution in [-0.2, 0) is 4.79 Å². The fourth-order valence-electron chi connectivity index (χ4n) is 2.96. The molecule has 0 aliphatic carbocycles. The topological polar surface area (TPSA) is 94.6 Å². The lowest BCUT2D eigenvalue weighted by atomic mass is 10.2. The zero-order valence-corrected chi connectivity index (χ0v) is 15.9. The average molecular weight is 407 g/mol. The zero-order chi connectivity index (χ0) is 20.3.